The maximum Gasteiger partial charge on any atom is 0.243 e. The first-order chi connectivity index (χ1) is 7.93. The molecular weight excluding hydrogens is 326 g/mol. The predicted octanol–water partition coefficient (Wildman–Crippen LogP) is 3.30. The molecule has 0 N–H and O–H groups in total. The zero-order valence-corrected chi connectivity index (χ0v) is 12.5. The smallest absolute Gasteiger partial charge is 0.207 e. The second-order valence-electron chi connectivity index (χ2n) is 3.32. The molecule has 0 aliphatic carbocycles. The van der Waals surface area contributed by atoms with E-state index in [2.05, 4.69) is 22.5 Å². The Balaban J connectivity index is 3.20. The molecule has 1 aromatic rings. The van der Waals surface area contributed by atoms with Crippen LogP contribution >= 0.6 is 27.5 Å². The van der Waals surface area contributed by atoms with Crippen LogP contribution in [0.2, 0.25) is 5.02 Å². The van der Waals surface area contributed by atoms with Gasteiger partial charge in [0.25, 0.3) is 0 Å². The van der Waals surface area contributed by atoms with Crippen molar-refractivity contribution in [2.24, 2.45) is 0 Å². The van der Waals surface area contributed by atoms with E-state index in [1.165, 1.54) is 16.4 Å². The number of hydrogen-bond acceptors (Lipinski definition) is 2. The molecule has 0 aliphatic heterocycles. The van der Waals surface area contributed by atoms with E-state index in [0.29, 0.717) is 22.6 Å². The van der Waals surface area contributed by atoms with Crippen molar-refractivity contribution >= 4 is 37.6 Å². The molecule has 3 nitrogen and oxygen atoms in total. The summed E-state index contributed by atoms with van der Waals surface area (Å²) < 4.78 is 26.4. The number of halogens is 2. The van der Waals surface area contributed by atoms with E-state index in [4.69, 9.17) is 11.6 Å². The van der Waals surface area contributed by atoms with Crippen molar-refractivity contribution < 1.29 is 8.42 Å². The minimum absolute atomic E-state index is 0.220. The number of nitrogens with zero attached hydrogens (tertiary/aromatic N) is 1. The lowest BCUT2D eigenvalue weighted by molar-refractivity contribution is 0.460. The Labute approximate surface area is 115 Å². The maximum atomic E-state index is 12.2. The van der Waals surface area contributed by atoms with Crippen LogP contribution in [0, 0.1) is 0 Å². The van der Waals surface area contributed by atoms with E-state index in [1.54, 1.807) is 19.1 Å². The summed E-state index contributed by atoms with van der Waals surface area (Å²) in [5.41, 5.74) is 0. The van der Waals surface area contributed by atoms with Gasteiger partial charge in [0.15, 0.2) is 0 Å². The van der Waals surface area contributed by atoms with Gasteiger partial charge in [-0.1, -0.05) is 24.6 Å². The van der Waals surface area contributed by atoms with Gasteiger partial charge in [0.1, 0.15) is 0 Å². The van der Waals surface area contributed by atoms with Crippen LogP contribution in [0.15, 0.2) is 40.2 Å². The van der Waals surface area contributed by atoms with Crippen LogP contribution in [0.1, 0.15) is 6.92 Å². The number of hydrogen-bond donors (Lipinski definition) is 0. The Morgan fingerprint density at radius 2 is 2.18 bits per heavy atom. The zero-order chi connectivity index (χ0) is 13.1. The first-order valence-corrected chi connectivity index (χ1v) is 7.60. The third kappa shape index (κ3) is 3.31. The number of sulfonamides is 1. The first kappa shape index (κ1) is 14.7. The molecule has 0 heterocycles. The summed E-state index contributed by atoms with van der Waals surface area (Å²) in [4.78, 5) is 0.220. The molecule has 0 saturated carbocycles. The fourth-order valence-corrected chi connectivity index (χ4v) is 3.42. The van der Waals surface area contributed by atoms with Crippen molar-refractivity contribution in [2.75, 3.05) is 13.1 Å². The summed E-state index contributed by atoms with van der Waals surface area (Å²) in [5.74, 6) is 0. The van der Waals surface area contributed by atoms with Crippen molar-refractivity contribution in [2.45, 2.75) is 11.8 Å². The normalized spacial score (nSPS) is 11.8. The second kappa shape index (κ2) is 6.00. The Bertz CT molecular complexity index is 516. The molecule has 0 fully saturated rings. The molecule has 0 unspecified atom stereocenters. The summed E-state index contributed by atoms with van der Waals surface area (Å²) in [6, 6.07) is 4.55. The van der Waals surface area contributed by atoms with Gasteiger partial charge in [-0.3, -0.25) is 0 Å². The van der Waals surface area contributed by atoms with Crippen molar-refractivity contribution in [3.63, 3.8) is 0 Å². The Kier molecular flexibility index (Phi) is 5.19. The monoisotopic (exact) mass is 337 g/mol. The van der Waals surface area contributed by atoms with Gasteiger partial charge in [-0.2, -0.15) is 4.31 Å². The zero-order valence-electron chi connectivity index (χ0n) is 9.36. The van der Waals surface area contributed by atoms with E-state index in [-0.39, 0.29) is 4.90 Å². The topological polar surface area (TPSA) is 37.4 Å². The standard InChI is InChI=1S/C11H13BrClNO2S/c1-3-7-14(4-2)17(15,16)9-5-6-11(13)10(12)8-9/h3,5-6,8H,1,4,7H2,2H3. The molecule has 0 amide bonds. The lowest BCUT2D eigenvalue weighted by Crippen LogP contribution is -2.31. The Morgan fingerprint density at radius 1 is 1.53 bits per heavy atom. The molecule has 0 saturated heterocycles. The largest absolute Gasteiger partial charge is 0.243 e. The van der Waals surface area contributed by atoms with Gasteiger partial charge >= 0.3 is 0 Å². The summed E-state index contributed by atoms with van der Waals surface area (Å²) in [6.07, 6.45) is 1.56. The van der Waals surface area contributed by atoms with Crippen molar-refractivity contribution in [1.29, 1.82) is 0 Å². The molecule has 17 heavy (non-hydrogen) atoms. The van der Waals surface area contributed by atoms with Crippen molar-refractivity contribution in [3.05, 3.63) is 40.3 Å². The highest BCUT2D eigenvalue weighted by Gasteiger charge is 2.22. The van der Waals surface area contributed by atoms with Crippen molar-refractivity contribution in [3.8, 4) is 0 Å². The Morgan fingerprint density at radius 3 is 2.65 bits per heavy atom. The van der Waals surface area contributed by atoms with Crippen LogP contribution in [-0.2, 0) is 10.0 Å². The first-order valence-electron chi connectivity index (χ1n) is 4.99. The summed E-state index contributed by atoms with van der Waals surface area (Å²) in [6.45, 7) is 6.02. The van der Waals surface area contributed by atoms with Crippen molar-refractivity contribution in [1.82, 2.24) is 4.31 Å². The molecule has 0 atom stereocenters. The molecule has 0 aromatic heterocycles. The SMILES string of the molecule is C=CCN(CC)S(=O)(=O)c1ccc(Cl)c(Br)c1. The van der Waals surface area contributed by atoms with Gasteiger partial charge in [0.05, 0.1) is 9.92 Å². The van der Waals surface area contributed by atoms with E-state index in [1.807, 2.05) is 0 Å². The maximum absolute atomic E-state index is 12.2. The minimum Gasteiger partial charge on any atom is -0.207 e. The van der Waals surface area contributed by atoms with Crippen LogP contribution < -0.4 is 0 Å². The molecule has 0 radical (unpaired) electrons. The second-order valence-corrected chi connectivity index (χ2v) is 6.52. The molecule has 0 bridgehead atoms. The van der Waals surface area contributed by atoms with Crippen LogP contribution in [0.25, 0.3) is 0 Å². The molecular formula is C11H13BrClNO2S. The quantitative estimate of drug-likeness (QED) is 0.773. The number of benzene rings is 1. The summed E-state index contributed by atoms with van der Waals surface area (Å²) >= 11 is 9.05. The highest BCUT2D eigenvalue weighted by Crippen LogP contribution is 2.26. The molecule has 1 aromatic carbocycles. The van der Waals surface area contributed by atoms with Gasteiger partial charge in [0.2, 0.25) is 10.0 Å². The lowest BCUT2D eigenvalue weighted by Gasteiger charge is -2.18. The molecule has 1 rings (SSSR count). The van der Waals surface area contributed by atoms with Gasteiger partial charge in [0, 0.05) is 17.6 Å². The fraction of sp³-hybridized carbons (Fsp3) is 0.273. The average molecular weight is 339 g/mol. The third-order valence-electron chi connectivity index (χ3n) is 2.21. The van der Waals surface area contributed by atoms with Gasteiger partial charge in [-0.25, -0.2) is 8.42 Å². The lowest BCUT2D eigenvalue weighted by atomic mass is 10.4. The van der Waals surface area contributed by atoms with Crippen LogP contribution in [0.4, 0.5) is 0 Å². The van der Waals surface area contributed by atoms with E-state index < -0.39 is 10.0 Å². The van der Waals surface area contributed by atoms with E-state index >= 15 is 0 Å². The minimum atomic E-state index is -3.48. The number of likely N-dealkylation sites (N-methyl/N-ethyl adjacent to an activating group) is 1. The third-order valence-corrected chi connectivity index (χ3v) is 5.36. The fourth-order valence-electron chi connectivity index (χ4n) is 1.33. The highest BCUT2D eigenvalue weighted by atomic mass is 79.9. The van der Waals surface area contributed by atoms with Gasteiger partial charge < -0.3 is 0 Å². The average Bonchev–Trinajstić information content (AvgIpc) is 2.29. The van der Waals surface area contributed by atoms with E-state index in [9.17, 15) is 8.42 Å². The molecule has 6 heteroatoms. The van der Waals surface area contributed by atoms with E-state index in [0.717, 1.165) is 0 Å². The highest BCUT2D eigenvalue weighted by molar-refractivity contribution is 9.10. The van der Waals surface area contributed by atoms with Gasteiger partial charge in [-0.05, 0) is 34.1 Å². The number of rotatable bonds is 5. The molecule has 0 aliphatic rings. The molecule has 0 spiro atoms. The molecule has 94 valence electrons. The predicted molar refractivity (Wildman–Crippen MR) is 73.8 cm³/mol. The van der Waals surface area contributed by atoms with Gasteiger partial charge in [-0.15, -0.1) is 6.58 Å². The summed E-state index contributed by atoms with van der Waals surface area (Å²) in [7, 11) is -3.48. The summed E-state index contributed by atoms with van der Waals surface area (Å²) in [5, 5.41) is 0.482. The van der Waals surface area contributed by atoms with Crippen LogP contribution in [-0.4, -0.2) is 25.8 Å². The van der Waals surface area contributed by atoms with Crippen LogP contribution in [0.3, 0.4) is 0 Å². The van der Waals surface area contributed by atoms with Crippen LogP contribution in [0.5, 0.6) is 0 Å². The Hall–Kier alpha value is -0.360.